The van der Waals surface area contributed by atoms with Gasteiger partial charge >= 0.3 is 0 Å². The van der Waals surface area contributed by atoms with Crippen LogP contribution in [0.25, 0.3) is 6.08 Å². The lowest BCUT2D eigenvalue weighted by Gasteiger charge is -2.44. The first kappa shape index (κ1) is 38.0. The van der Waals surface area contributed by atoms with Crippen molar-refractivity contribution < 1.29 is 23.9 Å². The number of imide groups is 1. The van der Waals surface area contributed by atoms with E-state index < -0.39 is 8.32 Å². The first-order valence-electron chi connectivity index (χ1n) is 19.3. The number of nitrogens with zero attached hydrogens (tertiary/aromatic N) is 1. The van der Waals surface area contributed by atoms with Crippen molar-refractivity contribution in [1.29, 1.82) is 0 Å². The summed E-state index contributed by atoms with van der Waals surface area (Å²) in [6.45, 7) is 16.3. The molecule has 0 aromatic heterocycles. The predicted octanol–water partition coefficient (Wildman–Crippen LogP) is 8.28. The predicted molar refractivity (Wildman–Crippen MR) is 212 cm³/mol. The minimum absolute atomic E-state index is 0.0276. The van der Waals surface area contributed by atoms with Crippen molar-refractivity contribution in [2.45, 2.75) is 98.1 Å². The van der Waals surface area contributed by atoms with E-state index in [1.807, 2.05) is 20.8 Å². The Bertz CT molecular complexity index is 1760. The molecule has 0 spiro atoms. The SMILES string of the molecule is CCC/C(=C\c1cc(C)c(O)c(C)c1)CC[C@H]1OC[C@H]2C1=C(CO[Si](c1ccccc1)(c1ccccc1)C(C)(C)C)C[C@H]1C(=O)N(CCC)C(=O)[C@H]12. The number of carbonyl (C=O) groups excluding carboxylic acids is 2. The number of phenols is 1. The fraction of sp³-hybridized carbons (Fsp3) is 0.467. The van der Waals surface area contributed by atoms with Gasteiger partial charge in [-0.05, 0) is 101 Å². The van der Waals surface area contributed by atoms with Crippen LogP contribution in [0, 0.1) is 31.6 Å². The highest BCUT2D eigenvalue weighted by molar-refractivity contribution is 6.99. The van der Waals surface area contributed by atoms with Crippen LogP contribution in [0.1, 0.15) is 89.8 Å². The van der Waals surface area contributed by atoms with E-state index in [1.54, 1.807) is 0 Å². The molecule has 2 aliphatic heterocycles. The molecule has 7 heteroatoms. The smallest absolute Gasteiger partial charge is 0.261 e. The fourth-order valence-corrected chi connectivity index (χ4v) is 13.8. The van der Waals surface area contributed by atoms with Crippen LogP contribution >= 0.6 is 0 Å². The van der Waals surface area contributed by atoms with Gasteiger partial charge in [0.1, 0.15) is 5.75 Å². The Morgan fingerprint density at radius 3 is 2.08 bits per heavy atom. The van der Waals surface area contributed by atoms with E-state index in [2.05, 4.69) is 107 Å². The molecule has 2 heterocycles. The summed E-state index contributed by atoms with van der Waals surface area (Å²) in [7, 11) is -2.86. The molecule has 3 aromatic carbocycles. The first-order valence-corrected chi connectivity index (χ1v) is 21.2. The zero-order valence-electron chi connectivity index (χ0n) is 32.2. The highest BCUT2D eigenvalue weighted by atomic mass is 28.4. The van der Waals surface area contributed by atoms with E-state index in [0.717, 1.165) is 54.4 Å². The second kappa shape index (κ2) is 15.7. The van der Waals surface area contributed by atoms with E-state index in [-0.39, 0.29) is 40.7 Å². The monoisotopic (exact) mass is 719 g/mol. The van der Waals surface area contributed by atoms with E-state index in [4.69, 9.17) is 9.16 Å². The van der Waals surface area contributed by atoms with E-state index >= 15 is 0 Å². The van der Waals surface area contributed by atoms with Gasteiger partial charge in [-0.1, -0.05) is 113 Å². The molecule has 2 saturated heterocycles. The molecule has 0 radical (unpaired) electrons. The maximum absolute atomic E-state index is 13.9. The number of amides is 2. The molecule has 1 aliphatic carbocycles. The third-order valence-electron chi connectivity index (χ3n) is 11.6. The van der Waals surface area contributed by atoms with E-state index in [0.29, 0.717) is 31.9 Å². The van der Waals surface area contributed by atoms with Crippen molar-refractivity contribution in [3.63, 3.8) is 0 Å². The number of benzene rings is 3. The maximum atomic E-state index is 13.9. The van der Waals surface area contributed by atoms with Crippen LogP contribution in [0.3, 0.4) is 0 Å². The summed E-state index contributed by atoms with van der Waals surface area (Å²) < 4.78 is 14.2. The molecule has 1 N–H and O–H groups in total. The van der Waals surface area contributed by atoms with Crippen molar-refractivity contribution in [3.05, 3.63) is 106 Å². The van der Waals surface area contributed by atoms with Crippen molar-refractivity contribution in [1.82, 2.24) is 4.90 Å². The molecule has 6 nitrogen and oxygen atoms in total. The summed E-state index contributed by atoms with van der Waals surface area (Å²) in [5.41, 5.74) is 6.55. The second-order valence-corrected chi connectivity index (χ2v) is 20.5. The van der Waals surface area contributed by atoms with E-state index in [1.165, 1.54) is 26.4 Å². The third kappa shape index (κ3) is 7.12. The molecule has 4 atom stereocenters. The number of allylic oxidation sites excluding steroid dienone is 1. The minimum Gasteiger partial charge on any atom is -0.507 e. The molecule has 0 unspecified atom stereocenters. The van der Waals surface area contributed by atoms with Crippen molar-refractivity contribution in [2.24, 2.45) is 17.8 Å². The van der Waals surface area contributed by atoms with Gasteiger partial charge in [0.2, 0.25) is 11.8 Å². The van der Waals surface area contributed by atoms with Gasteiger partial charge in [-0.3, -0.25) is 14.5 Å². The van der Waals surface area contributed by atoms with Crippen LogP contribution in [-0.2, 0) is 18.8 Å². The summed E-state index contributed by atoms with van der Waals surface area (Å²) in [4.78, 5) is 29.3. The Balaban J connectivity index is 1.38. The third-order valence-corrected chi connectivity index (χ3v) is 16.6. The van der Waals surface area contributed by atoms with Crippen molar-refractivity contribution >= 4 is 36.6 Å². The van der Waals surface area contributed by atoms with Gasteiger partial charge in [-0.2, -0.15) is 0 Å². The van der Waals surface area contributed by atoms with Gasteiger partial charge in [-0.15, -0.1) is 0 Å². The van der Waals surface area contributed by atoms with Gasteiger partial charge in [0, 0.05) is 12.5 Å². The van der Waals surface area contributed by atoms with Crippen LogP contribution in [0.15, 0.2) is 89.5 Å². The summed E-state index contributed by atoms with van der Waals surface area (Å²) >= 11 is 0. The number of carbonyl (C=O) groups is 2. The topological polar surface area (TPSA) is 76.1 Å². The molecule has 3 aliphatic rings. The molecular formula is C45H57NO5Si. The first-order chi connectivity index (χ1) is 24.9. The molecule has 6 rings (SSSR count). The normalized spacial score (nSPS) is 22.3. The fourth-order valence-electron chi connectivity index (χ4n) is 9.29. The van der Waals surface area contributed by atoms with Crippen LogP contribution < -0.4 is 10.4 Å². The zero-order chi connectivity index (χ0) is 37.2. The van der Waals surface area contributed by atoms with Gasteiger partial charge in [-0.25, -0.2) is 0 Å². The number of hydrogen-bond donors (Lipinski definition) is 1. The molecule has 52 heavy (non-hydrogen) atoms. The average molecular weight is 720 g/mol. The Hall–Kier alpha value is -3.78. The number of ether oxygens (including phenoxy) is 1. The zero-order valence-corrected chi connectivity index (χ0v) is 33.2. The quantitative estimate of drug-likeness (QED) is 0.109. The van der Waals surface area contributed by atoms with Crippen LogP contribution in [0.2, 0.25) is 5.04 Å². The second-order valence-electron chi connectivity index (χ2n) is 16.2. The summed E-state index contributed by atoms with van der Waals surface area (Å²) in [6.07, 6.45) is 7.07. The summed E-state index contributed by atoms with van der Waals surface area (Å²) in [5, 5.41) is 12.6. The Labute approximate surface area is 312 Å². The highest BCUT2D eigenvalue weighted by Gasteiger charge is 2.57. The Kier molecular flexibility index (Phi) is 11.4. The van der Waals surface area contributed by atoms with Gasteiger partial charge < -0.3 is 14.3 Å². The molecule has 2 amide bonds. The van der Waals surface area contributed by atoms with Gasteiger partial charge in [0.15, 0.2) is 0 Å². The number of rotatable bonds is 13. The number of aryl methyl sites for hydroxylation is 2. The van der Waals surface area contributed by atoms with Crippen molar-refractivity contribution in [2.75, 3.05) is 19.8 Å². The Morgan fingerprint density at radius 2 is 1.52 bits per heavy atom. The number of likely N-dealkylation sites (tertiary alicyclic amines) is 1. The lowest BCUT2D eigenvalue weighted by molar-refractivity contribution is -0.140. The lowest BCUT2D eigenvalue weighted by Crippen LogP contribution is -2.66. The van der Waals surface area contributed by atoms with E-state index in [9.17, 15) is 14.7 Å². The average Bonchev–Trinajstić information content (AvgIpc) is 3.65. The van der Waals surface area contributed by atoms with Crippen molar-refractivity contribution in [3.8, 4) is 5.75 Å². The highest BCUT2D eigenvalue weighted by Crippen LogP contribution is 2.50. The van der Waals surface area contributed by atoms with Crippen LogP contribution in [0.4, 0.5) is 0 Å². The largest absolute Gasteiger partial charge is 0.507 e. The number of fused-ring (bicyclic) bond motifs is 3. The van der Waals surface area contributed by atoms with Crippen LogP contribution in [-0.4, -0.2) is 56.0 Å². The molecular weight excluding hydrogens is 663 g/mol. The number of aromatic hydroxyl groups is 1. The minimum atomic E-state index is -2.86. The Morgan fingerprint density at radius 1 is 0.904 bits per heavy atom. The lowest BCUT2D eigenvalue weighted by atomic mass is 9.69. The van der Waals surface area contributed by atoms with Crippen LogP contribution in [0.5, 0.6) is 5.75 Å². The number of phenolic OH excluding ortho intramolecular Hbond substituents is 1. The molecule has 3 aromatic rings. The summed E-state index contributed by atoms with van der Waals surface area (Å²) in [5.74, 6) is -0.572. The number of hydrogen-bond acceptors (Lipinski definition) is 5. The van der Waals surface area contributed by atoms with Gasteiger partial charge in [0.25, 0.3) is 8.32 Å². The molecule has 0 bridgehead atoms. The standard InChI is InChI=1S/C45H57NO5Si/c1-8-16-32(26-33-24-30(3)42(47)31(4)25-33)21-22-39-40-34(27-37-41(38(40)29-50-39)44(49)46(23-9-2)43(37)48)28-51-52(45(5,6)7,35-17-12-10-13-18-35)36-19-14-11-15-20-36/h10-15,17-20,24-26,37-39,41,47H,8-9,16,21-23,27-29H2,1-7H3/b32-26+/t37-,38+,39-,41-/m1/s1. The van der Waals surface area contributed by atoms with Gasteiger partial charge in [0.05, 0.1) is 31.2 Å². The summed E-state index contributed by atoms with van der Waals surface area (Å²) in [6, 6.07) is 25.5. The molecule has 276 valence electrons. The molecule has 2 fully saturated rings. The maximum Gasteiger partial charge on any atom is 0.261 e. The molecule has 0 saturated carbocycles.